The summed E-state index contributed by atoms with van der Waals surface area (Å²) >= 11 is 6.15. The molecule has 1 aliphatic heterocycles. The molecule has 0 aliphatic carbocycles. The quantitative estimate of drug-likeness (QED) is 0.816. The Balaban J connectivity index is 1.86. The SMILES string of the molecule is COc1ccc(NC(C)=O)cc1NC(=O)c1nc(N2CCCC2)ncc1Cl. The van der Waals surface area contributed by atoms with E-state index in [2.05, 4.69) is 20.6 Å². The molecular weight excluding hydrogens is 370 g/mol. The molecule has 3 rings (SSSR count). The largest absolute Gasteiger partial charge is 0.495 e. The lowest BCUT2D eigenvalue weighted by molar-refractivity contribution is -0.114. The molecule has 2 aromatic rings. The fourth-order valence-corrected chi connectivity index (χ4v) is 3.03. The first-order valence-electron chi connectivity index (χ1n) is 8.52. The molecule has 0 unspecified atom stereocenters. The van der Waals surface area contributed by atoms with Crippen molar-refractivity contribution in [3.8, 4) is 5.75 Å². The summed E-state index contributed by atoms with van der Waals surface area (Å²) in [6, 6.07) is 4.94. The van der Waals surface area contributed by atoms with E-state index in [1.54, 1.807) is 18.2 Å². The zero-order valence-corrected chi connectivity index (χ0v) is 15.8. The summed E-state index contributed by atoms with van der Waals surface area (Å²) in [7, 11) is 1.49. The number of benzene rings is 1. The first-order chi connectivity index (χ1) is 13.0. The second-order valence-corrected chi connectivity index (χ2v) is 6.52. The lowest BCUT2D eigenvalue weighted by atomic mass is 10.2. The number of carbonyl (C=O) groups excluding carboxylic acids is 2. The van der Waals surface area contributed by atoms with E-state index in [4.69, 9.17) is 16.3 Å². The highest BCUT2D eigenvalue weighted by atomic mass is 35.5. The van der Waals surface area contributed by atoms with Gasteiger partial charge in [-0.3, -0.25) is 9.59 Å². The lowest BCUT2D eigenvalue weighted by Gasteiger charge is -2.16. The van der Waals surface area contributed by atoms with Gasteiger partial charge in [-0.15, -0.1) is 0 Å². The van der Waals surface area contributed by atoms with Gasteiger partial charge < -0.3 is 20.3 Å². The summed E-state index contributed by atoms with van der Waals surface area (Å²) in [5.74, 6) is 0.232. The van der Waals surface area contributed by atoms with E-state index >= 15 is 0 Å². The molecule has 1 fully saturated rings. The van der Waals surface area contributed by atoms with Crippen LogP contribution >= 0.6 is 11.6 Å². The maximum Gasteiger partial charge on any atom is 0.276 e. The summed E-state index contributed by atoms with van der Waals surface area (Å²) in [5, 5.41) is 5.56. The highest BCUT2D eigenvalue weighted by Gasteiger charge is 2.20. The number of halogens is 1. The Kier molecular flexibility index (Phi) is 5.75. The number of amides is 2. The number of anilines is 3. The molecule has 0 bridgehead atoms. The molecule has 2 N–H and O–H groups in total. The van der Waals surface area contributed by atoms with Gasteiger partial charge >= 0.3 is 0 Å². The molecule has 0 atom stereocenters. The Morgan fingerprint density at radius 1 is 1.22 bits per heavy atom. The third-order valence-electron chi connectivity index (χ3n) is 4.10. The Morgan fingerprint density at radius 3 is 2.63 bits per heavy atom. The minimum Gasteiger partial charge on any atom is -0.495 e. The van der Waals surface area contributed by atoms with Gasteiger partial charge in [0, 0.05) is 25.7 Å². The third kappa shape index (κ3) is 4.46. The summed E-state index contributed by atoms with van der Waals surface area (Å²) in [5.41, 5.74) is 1.01. The predicted molar refractivity (Wildman–Crippen MR) is 104 cm³/mol. The minimum atomic E-state index is -0.485. The van der Waals surface area contributed by atoms with Crippen molar-refractivity contribution in [3.05, 3.63) is 35.1 Å². The van der Waals surface area contributed by atoms with E-state index < -0.39 is 5.91 Å². The van der Waals surface area contributed by atoms with Crippen LogP contribution in [0.4, 0.5) is 17.3 Å². The Bertz CT molecular complexity index is 868. The van der Waals surface area contributed by atoms with E-state index in [-0.39, 0.29) is 16.6 Å². The number of rotatable bonds is 5. The van der Waals surface area contributed by atoms with Crippen LogP contribution < -0.4 is 20.3 Å². The van der Waals surface area contributed by atoms with Crippen LogP contribution in [-0.2, 0) is 4.79 Å². The van der Waals surface area contributed by atoms with Gasteiger partial charge in [0.05, 0.1) is 24.0 Å². The lowest BCUT2D eigenvalue weighted by Crippen LogP contribution is -2.23. The van der Waals surface area contributed by atoms with E-state index in [0.717, 1.165) is 25.9 Å². The molecule has 142 valence electrons. The van der Waals surface area contributed by atoms with Crippen molar-refractivity contribution in [2.75, 3.05) is 35.7 Å². The van der Waals surface area contributed by atoms with Crippen molar-refractivity contribution >= 4 is 40.7 Å². The summed E-state index contributed by atoms with van der Waals surface area (Å²) in [6.07, 6.45) is 3.57. The zero-order chi connectivity index (χ0) is 19.4. The maximum absolute atomic E-state index is 12.8. The molecule has 2 amide bonds. The van der Waals surface area contributed by atoms with Gasteiger partial charge in [-0.1, -0.05) is 11.6 Å². The van der Waals surface area contributed by atoms with Crippen molar-refractivity contribution in [1.29, 1.82) is 0 Å². The van der Waals surface area contributed by atoms with Gasteiger partial charge in [0.15, 0.2) is 5.69 Å². The molecule has 1 saturated heterocycles. The summed E-state index contributed by atoms with van der Waals surface area (Å²) in [6.45, 7) is 3.12. The fourth-order valence-electron chi connectivity index (χ4n) is 2.85. The maximum atomic E-state index is 12.8. The molecule has 0 saturated carbocycles. The highest BCUT2D eigenvalue weighted by Crippen LogP contribution is 2.29. The first-order valence-corrected chi connectivity index (χ1v) is 8.90. The number of nitrogens with one attached hydrogen (secondary N) is 2. The smallest absolute Gasteiger partial charge is 0.276 e. The van der Waals surface area contributed by atoms with E-state index in [9.17, 15) is 9.59 Å². The van der Waals surface area contributed by atoms with Gasteiger partial charge in [-0.2, -0.15) is 0 Å². The van der Waals surface area contributed by atoms with Crippen molar-refractivity contribution in [2.45, 2.75) is 19.8 Å². The summed E-state index contributed by atoms with van der Waals surface area (Å²) < 4.78 is 5.28. The molecule has 0 radical (unpaired) electrons. The molecule has 27 heavy (non-hydrogen) atoms. The summed E-state index contributed by atoms with van der Waals surface area (Å²) in [4.78, 5) is 34.6. The van der Waals surface area contributed by atoms with Crippen molar-refractivity contribution in [1.82, 2.24) is 9.97 Å². The molecule has 1 aromatic carbocycles. The van der Waals surface area contributed by atoms with Crippen LogP contribution in [0.3, 0.4) is 0 Å². The Hall–Kier alpha value is -2.87. The average molecular weight is 390 g/mol. The molecule has 9 heteroatoms. The second kappa shape index (κ2) is 8.22. The molecular formula is C18H20ClN5O3. The van der Waals surface area contributed by atoms with E-state index in [1.165, 1.54) is 20.2 Å². The molecule has 0 spiro atoms. The molecule has 1 aromatic heterocycles. The van der Waals surface area contributed by atoms with E-state index in [1.807, 2.05) is 4.90 Å². The van der Waals surface area contributed by atoms with Crippen LogP contribution in [0, 0.1) is 0 Å². The van der Waals surface area contributed by atoms with Gasteiger partial charge in [-0.05, 0) is 31.0 Å². The third-order valence-corrected chi connectivity index (χ3v) is 4.38. The number of nitrogens with zero attached hydrogens (tertiary/aromatic N) is 3. The van der Waals surface area contributed by atoms with Gasteiger partial charge in [-0.25, -0.2) is 9.97 Å². The van der Waals surface area contributed by atoms with Crippen LogP contribution in [0.25, 0.3) is 0 Å². The van der Waals surface area contributed by atoms with Gasteiger partial charge in [0.25, 0.3) is 5.91 Å². The zero-order valence-electron chi connectivity index (χ0n) is 15.1. The topological polar surface area (TPSA) is 96.5 Å². The van der Waals surface area contributed by atoms with E-state index in [0.29, 0.717) is 23.1 Å². The number of ether oxygens (including phenoxy) is 1. The highest BCUT2D eigenvalue weighted by molar-refractivity contribution is 6.34. The average Bonchev–Trinajstić information content (AvgIpc) is 3.16. The number of carbonyl (C=O) groups is 2. The predicted octanol–water partition coefficient (Wildman–Crippen LogP) is 2.95. The number of hydrogen-bond acceptors (Lipinski definition) is 6. The van der Waals surface area contributed by atoms with Gasteiger partial charge in [0.2, 0.25) is 11.9 Å². The standard InChI is InChI=1S/C18H20ClN5O3/c1-11(25)21-12-5-6-15(27-2)14(9-12)22-17(26)16-13(19)10-20-18(23-16)24-7-3-4-8-24/h5-6,9-10H,3-4,7-8H2,1-2H3,(H,21,25)(H,22,26). The van der Waals surface area contributed by atoms with Crippen molar-refractivity contribution in [2.24, 2.45) is 0 Å². The monoisotopic (exact) mass is 389 g/mol. The normalized spacial score (nSPS) is 13.4. The molecule has 8 nitrogen and oxygen atoms in total. The van der Waals surface area contributed by atoms with Gasteiger partial charge in [0.1, 0.15) is 5.75 Å². The van der Waals surface area contributed by atoms with Crippen molar-refractivity contribution < 1.29 is 14.3 Å². The number of methoxy groups -OCH3 is 1. The number of hydrogen-bond donors (Lipinski definition) is 2. The minimum absolute atomic E-state index is 0.0838. The molecule has 1 aliphatic rings. The van der Waals surface area contributed by atoms with Crippen LogP contribution in [0.5, 0.6) is 5.75 Å². The fraction of sp³-hybridized carbons (Fsp3) is 0.333. The second-order valence-electron chi connectivity index (χ2n) is 6.11. The first kappa shape index (κ1) is 18.9. The van der Waals surface area contributed by atoms with Crippen LogP contribution in [0.1, 0.15) is 30.3 Å². The van der Waals surface area contributed by atoms with Crippen molar-refractivity contribution in [3.63, 3.8) is 0 Å². The molecule has 2 heterocycles. The number of aromatic nitrogens is 2. The Morgan fingerprint density at radius 2 is 1.96 bits per heavy atom. The van der Waals surface area contributed by atoms with Crippen LogP contribution in [0.2, 0.25) is 5.02 Å². The van der Waals surface area contributed by atoms with Crippen LogP contribution in [-0.4, -0.2) is 42.0 Å². The Labute approximate surface area is 161 Å². The van der Waals surface area contributed by atoms with Crippen LogP contribution in [0.15, 0.2) is 24.4 Å².